The van der Waals surface area contributed by atoms with Crippen LogP contribution in [0, 0.1) is 5.92 Å². The minimum atomic E-state index is -4.07. The summed E-state index contributed by atoms with van der Waals surface area (Å²) in [5.41, 5.74) is 0.816. The van der Waals surface area contributed by atoms with Crippen LogP contribution in [0.3, 0.4) is 0 Å². The zero-order valence-corrected chi connectivity index (χ0v) is 10.7. The lowest BCUT2D eigenvalue weighted by molar-refractivity contribution is -0.179. The number of rotatable bonds is 3. The molecule has 0 saturated carbocycles. The van der Waals surface area contributed by atoms with E-state index in [0.717, 1.165) is 5.69 Å². The number of alkyl halides is 3. The fourth-order valence-corrected chi connectivity index (χ4v) is 2.22. The second-order valence-electron chi connectivity index (χ2n) is 4.70. The molecule has 1 saturated heterocycles. The molecule has 0 unspecified atom stereocenters. The summed E-state index contributed by atoms with van der Waals surface area (Å²) in [6.07, 6.45) is -0.538. The van der Waals surface area contributed by atoms with Gasteiger partial charge < -0.3 is 10.2 Å². The summed E-state index contributed by atoms with van der Waals surface area (Å²) in [5, 5.41) is 2.96. The van der Waals surface area contributed by atoms with E-state index in [1.807, 2.05) is 11.9 Å². The lowest BCUT2D eigenvalue weighted by Gasteiger charge is -2.33. The Morgan fingerprint density at radius 1 is 1.26 bits per heavy atom. The Morgan fingerprint density at radius 2 is 1.95 bits per heavy atom. The van der Waals surface area contributed by atoms with Crippen LogP contribution in [0.25, 0.3) is 0 Å². The summed E-state index contributed by atoms with van der Waals surface area (Å²) < 4.78 is 37.7. The third-order valence-corrected chi connectivity index (χ3v) is 3.33. The molecule has 0 radical (unpaired) electrons. The fourth-order valence-electron chi connectivity index (χ4n) is 2.22. The number of hydrogen-bond acceptors (Lipinski definition) is 4. The normalized spacial score (nSPS) is 17.8. The highest BCUT2D eigenvalue weighted by Crippen LogP contribution is 2.34. The first-order chi connectivity index (χ1) is 9.00. The maximum Gasteiger partial charge on any atom is 0.391 e. The molecule has 0 spiro atoms. The number of halogens is 3. The Morgan fingerprint density at radius 3 is 2.42 bits per heavy atom. The lowest BCUT2D eigenvalue weighted by Crippen LogP contribution is -2.39. The monoisotopic (exact) mass is 274 g/mol. The molecule has 1 aliphatic rings. The Labute approximate surface area is 110 Å². The van der Waals surface area contributed by atoms with Crippen molar-refractivity contribution in [3.63, 3.8) is 0 Å². The van der Waals surface area contributed by atoms with Gasteiger partial charge >= 0.3 is 6.18 Å². The van der Waals surface area contributed by atoms with Gasteiger partial charge in [-0.1, -0.05) is 0 Å². The van der Waals surface area contributed by atoms with E-state index in [1.165, 1.54) is 0 Å². The van der Waals surface area contributed by atoms with Crippen molar-refractivity contribution in [3.8, 4) is 0 Å². The van der Waals surface area contributed by atoms with E-state index >= 15 is 0 Å². The van der Waals surface area contributed by atoms with Gasteiger partial charge in [-0.05, 0) is 19.9 Å². The van der Waals surface area contributed by atoms with Crippen LogP contribution >= 0.6 is 0 Å². The molecule has 0 atom stereocenters. The molecule has 19 heavy (non-hydrogen) atoms. The number of nitrogens with one attached hydrogen (secondary N) is 1. The number of hydrogen-bond donors (Lipinski definition) is 1. The van der Waals surface area contributed by atoms with Crippen LogP contribution < -0.4 is 10.2 Å². The average Bonchev–Trinajstić information content (AvgIpc) is 2.39. The predicted octanol–water partition coefficient (Wildman–Crippen LogP) is 1.97. The Kier molecular flexibility index (Phi) is 4.24. The van der Waals surface area contributed by atoms with E-state index < -0.39 is 12.1 Å². The molecule has 0 aliphatic carbocycles. The van der Waals surface area contributed by atoms with Gasteiger partial charge in [0.25, 0.3) is 0 Å². The minimum Gasteiger partial charge on any atom is -0.355 e. The number of anilines is 1. The van der Waals surface area contributed by atoms with Gasteiger partial charge in [-0.3, -0.25) is 4.98 Å². The topological polar surface area (TPSA) is 41.1 Å². The first kappa shape index (κ1) is 14.0. The molecule has 1 N–H and O–H groups in total. The minimum absolute atomic E-state index is 0.128. The van der Waals surface area contributed by atoms with Crippen LogP contribution in [-0.2, 0) is 6.54 Å². The van der Waals surface area contributed by atoms with Crippen LogP contribution in [0.1, 0.15) is 18.5 Å². The smallest absolute Gasteiger partial charge is 0.355 e. The molecule has 0 aromatic carbocycles. The second-order valence-corrected chi connectivity index (χ2v) is 4.70. The Hall–Kier alpha value is -1.37. The van der Waals surface area contributed by atoms with Gasteiger partial charge in [-0.2, -0.15) is 13.2 Å². The number of piperidine rings is 1. The molecule has 2 heterocycles. The molecule has 0 amide bonds. The molecule has 7 heteroatoms. The van der Waals surface area contributed by atoms with E-state index in [4.69, 9.17) is 0 Å². The lowest BCUT2D eigenvalue weighted by atomic mass is 9.96. The Bertz CT molecular complexity index is 396. The third kappa shape index (κ3) is 3.56. The summed E-state index contributed by atoms with van der Waals surface area (Å²) in [6.45, 7) is 1.39. The molecule has 106 valence electrons. The maximum absolute atomic E-state index is 12.6. The van der Waals surface area contributed by atoms with E-state index in [-0.39, 0.29) is 12.8 Å². The second kappa shape index (κ2) is 5.73. The van der Waals surface area contributed by atoms with Gasteiger partial charge in [-0.25, -0.2) is 4.98 Å². The molecule has 0 bridgehead atoms. The van der Waals surface area contributed by atoms with Crippen molar-refractivity contribution in [1.29, 1.82) is 0 Å². The van der Waals surface area contributed by atoms with Crippen LogP contribution in [0.2, 0.25) is 0 Å². The van der Waals surface area contributed by atoms with Crippen molar-refractivity contribution < 1.29 is 13.2 Å². The van der Waals surface area contributed by atoms with E-state index in [9.17, 15) is 13.2 Å². The van der Waals surface area contributed by atoms with Gasteiger partial charge in [0.2, 0.25) is 0 Å². The molecule has 4 nitrogen and oxygen atoms in total. The predicted molar refractivity (Wildman–Crippen MR) is 65.8 cm³/mol. The molecule has 2 rings (SSSR count). The van der Waals surface area contributed by atoms with Gasteiger partial charge in [0, 0.05) is 19.6 Å². The zero-order chi connectivity index (χ0) is 13.9. The first-order valence-corrected chi connectivity index (χ1v) is 6.28. The van der Waals surface area contributed by atoms with Crippen molar-refractivity contribution in [3.05, 3.63) is 18.1 Å². The van der Waals surface area contributed by atoms with Crippen molar-refractivity contribution in [2.45, 2.75) is 25.6 Å². The fraction of sp³-hybridized carbons (Fsp3) is 0.667. The van der Waals surface area contributed by atoms with Gasteiger partial charge in [0.05, 0.1) is 24.0 Å². The van der Waals surface area contributed by atoms with Gasteiger partial charge in [0.1, 0.15) is 5.82 Å². The zero-order valence-electron chi connectivity index (χ0n) is 10.7. The average molecular weight is 274 g/mol. The van der Waals surface area contributed by atoms with Crippen LogP contribution in [0.5, 0.6) is 0 Å². The largest absolute Gasteiger partial charge is 0.391 e. The van der Waals surface area contributed by atoms with Crippen LogP contribution in [0.4, 0.5) is 19.0 Å². The Balaban J connectivity index is 1.94. The van der Waals surface area contributed by atoms with Crippen molar-refractivity contribution in [2.75, 3.05) is 25.0 Å². The number of aromatic nitrogens is 2. The van der Waals surface area contributed by atoms with Crippen molar-refractivity contribution in [2.24, 2.45) is 5.92 Å². The highest BCUT2D eigenvalue weighted by molar-refractivity contribution is 5.36. The molecule has 1 aromatic heterocycles. The van der Waals surface area contributed by atoms with Crippen LogP contribution in [-0.4, -0.2) is 36.3 Å². The van der Waals surface area contributed by atoms with Crippen molar-refractivity contribution >= 4 is 5.82 Å². The number of nitrogens with zero attached hydrogens (tertiary/aromatic N) is 3. The molecule has 1 fully saturated rings. The summed E-state index contributed by atoms with van der Waals surface area (Å²) in [4.78, 5) is 10.3. The van der Waals surface area contributed by atoms with Gasteiger partial charge in [-0.15, -0.1) is 0 Å². The van der Waals surface area contributed by atoms with Crippen LogP contribution in [0.15, 0.2) is 12.4 Å². The van der Waals surface area contributed by atoms with Gasteiger partial charge in [0.15, 0.2) is 0 Å². The SMILES string of the molecule is CNCc1cnc(N2CCC(C(F)(F)F)CC2)cn1. The van der Waals surface area contributed by atoms with Crippen molar-refractivity contribution in [1.82, 2.24) is 15.3 Å². The first-order valence-electron chi connectivity index (χ1n) is 6.28. The summed E-state index contributed by atoms with van der Waals surface area (Å²) in [6, 6.07) is 0. The molecular weight excluding hydrogens is 257 g/mol. The standard InChI is InChI=1S/C12H17F3N4/c1-16-6-10-7-18-11(8-17-10)19-4-2-9(3-5-19)12(13,14)15/h7-9,16H,2-6H2,1H3. The van der Waals surface area contributed by atoms with E-state index in [2.05, 4.69) is 15.3 Å². The summed E-state index contributed by atoms with van der Waals surface area (Å²) in [5.74, 6) is -0.527. The third-order valence-electron chi connectivity index (χ3n) is 3.33. The molecular formula is C12H17F3N4. The molecule has 1 aliphatic heterocycles. The molecule has 1 aromatic rings. The van der Waals surface area contributed by atoms with E-state index in [0.29, 0.717) is 25.5 Å². The quantitative estimate of drug-likeness (QED) is 0.915. The highest BCUT2D eigenvalue weighted by Gasteiger charge is 2.41. The summed E-state index contributed by atoms with van der Waals surface area (Å²) in [7, 11) is 1.82. The summed E-state index contributed by atoms with van der Waals surface area (Å²) >= 11 is 0. The maximum atomic E-state index is 12.6. The highest BCUT2D eigenvalue weighted by atomic mass is 19.4. The van der Waals surface area contributed by atoms with E-state index in [1.54, 1.807) is 12.4 Å².